The fraction of sp³-hybridized carbons (Fsp3) is 0. The van der Waals surface area contributed by atoms with Crippen molar-refractivity contribution in [2.24, 2.45) is 0 Å². The molecule has 5 heteroatoms. The summed E-state index contributed by atoms with van der Waals surface area (Å²) in [7, 11) is 0. The van der Waals surface area contributed by atoms with Gasteiger partial charge in [0.25, 0.3) is 11.7 Å². The maximum Gasteiger partial charge on any atom is 0.296 e. The molecule has 96 valence electrons. The van der Waals surface area contributed by atoms with Crippen LogP contribution in [0.15, 0.2) is 48.5 Å². The van der Waals surface area contributed by atoms with Crippen LogP contribution in [0.4, 0.5) is 10.1 Å². The number of nitrogens with one attached hydrogen (secondary N) is 1. The molecule has 0 saturated heterocycles. The molecule has 0 saturated carbocycles. The molecule has 2 rings (SSSR count). The quantitative estimate of drug-likeness (QED) is 0.691. The molecular weight excluding hydrogens is 269 g/mol. The zero-order valence-electron chi connectivity index (χ0n) is 9.69. The molecule has 1 amide bonds. The molecule has 0 aliphatic carbocycles. The fourth-order valence-corrected chi connectivity index (χ4v) is 1.66. The number of hydrogen-bond acceptors (Lipinski definition) is 2. The van der Waals surface area contributed by atoms with E-state index in [-0.39, 0.29) is 16.3 Å². The number of anilines is 1. The Morgan fingerprint density at radius 1 is 1.05 bits per heavy atom. The van der Waals surface area contributed by atoms with E-state index in [4.69, 9.17) is 11.6 Å². The largest absolute Gasteiger partial charge is 0.319 e. The minimum Gasteiger partial charge on any atom is -0.319 e. The summed E-state index contributed by atoms with van der Waals surface area (Å²) in [6.45, 7) is 0. The van der Waals surface area contributed by atoms with Gasteiger partial charge in [-0.05, 0) is 18.2 Å². The molecule has 0 aromatic heterocycles. The third-order valence-corrected chi connectivity index (χ3v) is 2.71. The van der Waals surface area contributed by atoms with E-state index in [1.165, 1.54) is 12.1 Å². The molecule has 19 heavy (non-hydrogen) atoms. The standard InChI is InChI=1S/C14H9ClFNO2/c15-11-8-10(6-7-12(11)16)17-14(19)13(18)9-4-2-1-3-5-9/h1-8H,(H,17,19). The molecule has 2 aromatic carbocycles. The second kappa shape index (κ2) is 5.63. The lowest BCUT2D eigenvalue weighted by Gasteiger charge is -2.05. The van der Waals surface area contributed by atoms with Gasteiger partial charge in [-0.1, -0.05) is 41.9 Å². The third kappa shape index (κ3) is 3.17. The first-order valence-corrected chi connectivity index (χ1v) is 5.81. The van der Waals surface area contributed by atoms with Crippen molar-refractivity contribution in [2.45, 2.75) is 0 Å². The summed E-state index contributed by atoms with van der Waals surface area (Å²) in [6, 6.07) is 11.8. The van der Waals surface area contributed by atoms with Gasteiger partial charge in [-0.15, -0.1) is 0 Å². The van der Waals surface area contributed by atoms with Crippen LogP contribution in [-0.4, -0.2) is 11.7 Å². The molecule has 1 N–H and O–H groups in total. The summed E-state index contributed by atoms with van der Waals surface area (Å²) in [4.78, 5) is 23.5. The summed E-state index contributed by atoms with van der Waals surface area (Å²) >= 11 is 5.58. The van der Waals surface area contributed by atoms with E-state index in [0.29, 0.717) is 0 Å². The normalized spacial score (nSPS) is 10.0. The maximum absolute atomic E-state index is 12.9. The number of ketones is 1. The van der Waals surface area contributed by atoms with Crippen molar-refractivity contribution in [2.75, 3.05) is 5.32 Å². The number of amides is 1. The fourth-order valence-electron chi connectivity index (χ4n) is 1.48. The van der Waals surface area contributed by atoms with E-state index in [0.717, 1.165) is 6.07 Å². The van der Waals surface area contributed by atoms with E-state index in [2.05, 4.69) is 5.32 Å². The van der Waals surface area contributed by atoms with Crippen LogP contribution >= 0.6 is 11.6 Å². The average Bonchev–Trinajstić information content (AvgIpc) is 2.43. The molecule has 3 nitrogen and oxygen atoms in total. The van der Waals surface area contributed by atoms with Crippen LogP contribution in [0, 0.1) is 5.82 Å². The van der Waals surface area contributed by atoms with Gasteiger partial charge in [0.05, 0.1) is 5.02 Å². The maximum atomic E-state index is 12.9. The molecule has 2 aromatic rings. The summed E-state index contributed by atoms with van der Waals surface area (Å²) in [5.74, 6) is -2.05. The van der Waals surface area contributed by atoms with Gasteiger partial charge in [0.1, 0.15) is 5.82 Å². The zero-order chi connectivity index (χ0) is 13.8. The van der Waals surface area contributed by atoms with Gasteiger partial charge in [-0.2, -0.15) is 0 Å². The van der Waals surface area contributed by atoms with Gasteiger partial charge in [0.15, 0.2) is 0 Å². The van der Waals surface area contributed by atoms with E-state index < -0.39 is 17.5 Å². The first-order chi connectivity index (χ1) is 9.08. The lowest BCUT2D eigenvalue weighted by molar-refractivity contribution is -0.112. The second-order valence-corrected chi connectivity index (χ2v) is 4.19. The SMILES string of the molecule is O=C(Nc1ccc(F)c(Cl)c1)C(=O)c1ccccc1. The van der Waals surface area contributed by atoms with Crippen LogP contribution in [0.1, 0.15) is 10.4 Å². The summed E-state index contributed by atoms with van der Waals surface area (Å²) in [6.07, 6.45) is 0. The Balaban J connectivity index is 2.13. The van der Waals surface area contributed by atoms with Crippen molar-refractivity contribution in [1.29, 1.82) is 0 Å². The molecule has 0 atom stereocenters. The van der Waals surface area contributed by atoms with E-state index in [1.807, 2.05) is 0 Å². The lowest BCUT2D eigenvalue weighted by atomic mass is 10.1. The van der Waals surface area contributed by atoms with Gasteiger partial charge in [0.2, 0.25) is 0 Å². The number of Topliss-reactive ketones (excluding diaryl/α,β-unsaturated/α-hetero) is 1. The lowest BCUT2D eigenvalue weighted by Crippen LogP contribution is -2.22. The van der Waals surface area contributed by atoms with Gasteiger partial charge in [0, 0.05) is 11.3 Å². The smallest absolute Gasteiger partial charge is 0.296 e. The molecule has 0 radical (unpaired) electrons. The predicted octanol–water partition coefficient (Wildman–Crippen LogP) is 3.30. The summed E-state index contributed by atoms with van der Waals surface area (Å²) in [5.41, 5.74) is 0.550. The van der Waals surface area contributed by atoms with Crippen LogP contribution in [0.25, 0.3) is 0 Å². The van der Waals surface area contributed by atoms with Crippen molar-refractivity contribution >= 4 is 29.0 Å². The topological polar surface area (TPSA) is 46.2 Å². The van der Waals surface area contributed by atoms with Gasteiger partial charge >= 0.3 is 0 Å². The number of hydrogen-bond donors (Lipinski definition) is 1. The first kappa shape index (κ1) is 13.2. The highest BCUT2D eigenvalue weighted by atomic mass is 35.5. The number of carbonyl (C=O) groups excluding carboxylic acids is 2. The number of rotatable bonds is 3. The van der Waals surface area contributed by atoms with E-state index in [9.17, 15) is 14.0 Å². The molecule has 0 aliphatic rings. The molecular formula is C14H9ClFNO2. The van der Waals surface area contributed by atoms with Crippen LogP contribution in [-0.2, 0) is 4.79 Å². The van der Waals surface area contributed by atoms with Crippen LogP contribution in [0.2, 0.25) is 5.02 Å². The Kier molecular flexibility index (Phi) is 3.92. The molecule has 0 fully saturated rings. The highest BCUT2D eigenvalue weighted by molar-refractivity contribution is 6.46. The van der Waals surface area contributed by atoms with Crippen LogP contribution in [0.3, 0.4) is 0 Å². The van der Waals surface area contributed by atoms with Gasteiger partial charge in [-0.25, -0.2) is 4.39 Å². The Hall–Kier alpha value is -2.20. The molecule has 0 bridgehead atoms. The third-order valence-electron chi connectivity index (χ3n) is 2.42. The minimum absolute atomic E-state index is 0.120. The molecule has 0 spiro atoms. The molecule has 0 unspecified atom stereocenters. The van der Waals surface area contributed by atoms with Crippen molar-refractivity contribution in [3.05, 3.63) is 64.9 Å². The number of halogens is 2. The minimum atomic E-state index is -0.797. The van der Waals surface area contributed by atoms with E-state index >= 15 is 0 Å². The van der Waals surface area contributed by atoms with Crippen molar-refractivity contribution in [3.8, 4) is 0 Å². The average molecular weight is 278 g/mol. The van der Waals surface area contributed by atoms with Gasteiger partial charge < -0.3 is 5.32 Å². The summed E-state index contributed by atoms with van der Waals surface area (Å²) < 4.78 is 12.9. The Labute approximate surface area is 114 Å². The Morgan fingerprint density at radius 3 is 2.37 bits per heavy atom. The number of carbonyl (C=O) groups is 2. The second-order valence-electron chi connectivity index (χ2n) is 3.78. The van der Waals surface area contributed by atoms with Gasteiger partial charge in [-0.3, -0.25) is 9.59 Å². The van der Waals surface area contributed by atoms with E-state index in [1.54, 1.807) is 30.3 Å². The highest BCUT2D eigenvalue weighted by Gasteiger charge is 2.16. The molecule has 0 heterocycles. The van der Waals surface area contributed by atoms with Crippen LogP contribution in [0.5, 0.6) is 0 Å². The van der Waals surface area contributed by atoms with Crippen LogP contribution < -0.4 is 5.32 Å². The monoisotopic (exact) mass is 277 g/mol. The zero-order valence-corrected chi connectivity index (χ0v) is 10.4. The molecule has 0 aliphatic heterocycles. The Morgan fingerprint density at radius 2 is 1.74 bits per heavy atom. The number of benzene rings is 2. The predicted molar refractivity (Wildman–Crippen MR) is 70.8 cm³/mol. The summed E-state index contributed by atoms with van der Waals surface area (Å²) in [5, 5.41) is 2.25. The highest BCUT2D eigenvalue weighted by Crippen LogP contribution is 2.19. The first-order valence-electron chi connectivity index (χ1n) is 5.43. The van der Waals surface area contributed by atoms with Crippen molar-refractivity contribution in [3.63, 3.8) is 0 Å². The Bertz CT molecular complexity index is 629. The van der Waals surface area contributed by atoms with Crippen molar-refractivity contribution < 1.29 is 14.0 Å². The van der Waals surface area contributed by atoms with Crippen molar-refractivity contribution in [1.82, 2.24) is 0 Å².